The Morgan fingerprint density at radius 3 is 0.664 bits per heavy atom. The van der Waals surface area contributed by atoms with Crippen LogP contribution in [0.5, 0.6) is 0 Å². The maximum Gasteiger partial charge on any atom is 0.0629 e. The van der Waals surface area contributed by atoms with Gasteiger partial charge >= 0.3 is 0 Å². The van der Waals surface area contributed by atoms with Crippen LogP contribution in [-0.4, -0.2) is 0 Å². The van der Waals surface area contributed by atoms with E-state index in [1.165, 1.54) is 153 Å². The van der Waals surface area contributed by atoms with Crippen LogP contribution in [0, 0.1) is 0 Å². The third kappa shape index (κ3) is 16.9. The highest BCUT2D eigenvalue weighted by Crippen LogP contribution is 2.52. The molecule has 0 saturated heterocycles. The van der Waals surface area contributed by atoms with E-state index in [2.05, 4.69) is 370 Å². The Balaban J connectivity index is 0.000000110. The Bertz CT molecular complexity index is 10700. The third-order valence-electron chi connectivity index (χ3n) is 28.2. The molecule has 0 aliphatic carbocycles. The molecule has 28 aromatic rings. The molecule has 28 rings (SSSR count). The Morgan fingerprint density at radius 1 is 0.0959 bits per heavy atom. The van der Waals surface area contributed by atoms with Gasteiger partial charge in [0.1, 0.15) is 0 Å². The summed E-state index contributed by atoms with van der Waals surface area (Å²) >= 11 is 0. The van der Waals surface area contributed by atoms with E-state index in [0.717, 1.165) is 54.9 Å². The average Bonchev–Trinajstić information content (AvgIpc) is 0.711. The van der Waals surface area contributed by atoms with Crippen molar-refractivity contribution < 1.29 is 20.6 Å². The first-order valence-electron chi connectivity index (χ1n) is 56.8. The van der Waals surface area contributed by atoms with Gasteiger partial charge in [0.25, 0.3) is 0 Å². The first-order valence-corrected chi connectivity index (χ1v) is 49.3. The van der Waals surface area contributed by atoms with Crippen LogP contribution in [0.2, 0.25) is 0 Å². The highest BCUT2D eigenvalue weighted by molar-refractivity contribution is 6.27. The first kappa shape index (κ1) is 73.2. The van der Waals surface area contributed by atoms with Gasteiger partial charge in [-0.1, -0.05) is 558 Å². The monoisotopic (exact) mass is 1870 g/mol. The average molecular weight is 1870 g/mol. The molecule has 0 nitrogen and oxygen atoms in total. The number of benzene rings is 28. The van der Waals surface area contributed by atoms with Crippen LogP contribution in [0.25, 0.3) is 263 Å². The lowest BCUT2D eigenvalue weighted by Crippen LogP contribution is -1.92. The highest BCUT2D eigenvalue weighted by atomic mass is 14.3. The molecule has 0 saturated carbocycles. The summed E-state index contributed by atoms with van der Waals surface area (Å²) in [4.78, 5) is 0. The van der Waals surface area contributed by atoms with E-state index in [0.29, 0.717) is 38.2 Å². The van der Waals surface area contributed by atoms with Crippen LogP contribution < -0.4 is 0 Å². The molecule has 0 aliphatic rings. The zero-order chi connectivity index (χ0) is 110. The Morgan fingerprint density at radius 2 is 0.301 bits per heavy atom. The summed E-state index contributed by atoms with van der Waals surface area (Å²) in [5.41, 5.74) is 25.3. The molecule has 0 aliphatic heterocycles. The van der Waals surface area contributed by atoms with Crippen LogP contribution in [0.1, 0.15) is 20.6 Å². The van der Waals surface area contributed by atoms with E-state index in [9.17, 15) is 0 Å². The minimum atomic E-state index is -0.497. The molecule has 0 atom stereocenters. The van der Waals surface area contributed by atoms with Gasteiger partial charge in [-0.05, 0) is 300 Å². The molecule has 28 aromatic carbocycles. The minimum absolute atomic E-state index is 0.0278. The van der Waals surface area contributed by atoms with Gasteiger partial charge in [0, 0.05) is 0 Å². The van der Waals surface area contributed by atoms with Gasteiger partial charge in [0.2, 0.25) is 0 Å². The maximum absolute atomic E-state index is 8.80. The molecule has 0 N–H and O–H groups in total. The van der Waals surface area contributed by atoms with Crippen LogP contribution in [0.4, 0.5) is 0 Å². The molecule has 0 unspecified atom stereocenters. The smallest absolute Gasteiger partial charge is 0.0622 e. The summed E-state index contributed by atoms with van der Waals surface area (Å²) in [6.07, 6.45) is 0. The van der Waals surface area contributed by atoms with Crippen molar-refractivity contribution >= 4 is 118 Å². The lowest BCUT2D eigenvalue weighted by atomic mass is 9.84. The van der Waals surface area contributed by atoms with Crippen LogP contribution in [-0.2, 0) is 0 Å². The quantitative estimate of drug-likeness (QED) is 0.101. The van der Waals surface area contributed by atoms with Crippen molar-refractivity contribution in [1.29, 1.82) is 0 Å². The summed E-state index contributed by atoms with van der Waals surface area (Å²) in [5, 5.41) is 24.1. The van der Waals surface area contributed by atoms with E-state index < -0.39 is 36.3 Å². The summed E-state index contributed by atoms with van der Waals surface area (Å²) in [7, 11) is 0. The molecule has 0 heteroatoms. The van der Waals surface area contributed by atoms with Gasteiger partial charge in [-0.15, -0.1) is 0 Å². The van der Waals surface area contributed by atoms with Crippen molar-refractivity contribution in [2.75, 3.05) is 0 Å². The van der Waals surface area contributed by atoms with Crippen molar-refractivity contribution in [2.45, 2.75) is 0 Å². The van der Waals surface area contributed by atoms with E-state index in [1.807, 2.05) is 103 Å². The van der Waals surface area contributed by atoms with Crippen molar-refractivity contribution in [3.63, 3.8) is 0 Å². The topological polar surface area (TPSA) is 0 Å². The molecular formula is C146H98. The Labute approximate surface area is 872 Å². The van der Waals surface area contributed by atoms with Gasteiger partial charge < -0.3 is 0 Å². The largest absolute Gasteiger partial charge is 0.0629 e. The molecule has 0 radical (unpaired) electrons. The van der Waals surface area contributed by atoms with Crippen LogP contribution in [0.15, 0.2) is 594 Å². The van der Waals surface area contributed by atoms with E-state index >= 15 is 0 Å². The first-order chi connectivity index (χ1) is 78.7. The number of hydrogen-bond acceptors (Lipinski definition) is 0. The molecule has 146 heavy (non-hydrogen) atoms. The molecule has 682 valence electrons. The van der Waals surface area contributed by atoms with E-state index in [-0.39, 0.29) is 71.1 Å². The highest BCUT2D eigenvalue weighted by Gasteiger charge is 2.25. The summed E-state index contributed by atoms with van der Waals surface area (Å²) in [5.74, 6) is 0. The second kappa shape index (κ2) is 39.6. The van der Waals surface area contributed by atoms with Gasteiger partial charge in [-0.2, -0.15) is 0 Å². The maximum atomic E-state index is 8.80. The summed E-state index contributed by atoms with van der Waals surface area (Å²) in [6.45, 7) is 0. The van der Waals surface area contributed by atoms with Crippen molar-refractivity contribution in [2.24, 2.45) is 0 Å². The number of hydrogen-bond donors (Lipinski definition) is 0. The molecule has 0 amide bonds. The lowest BCUT2D eigenvalue weighted by Gasteiger charge is -2.19. The van der Waals surface area contributed by atoms with Gasteiger partial charge in [-0.25, -0.2) is 0 Å². The number of rotatable bonds is 13. The standard InChI is InChI=1S/C46H30.C36H24.2C32H22/c1-3-14-32(15-4-1)45-41-21-9-10-22-42(41)46(33-16-5-2-6-17-33)44-30-36(26-28-43(44)45)39-24-12-19-34-29-35(25-27-40(34)39)38-23-11-18-31-13-7-8-20-37(31)38;1-3-12-26(13-4-1)35-31-17-9-10-18-32(31)36(27-14-5-2-6-15-27)34-24-30(21-22-33(34)35)29-20-19-25-11-7-8-16-28(25)23-29;2*1-4-12-23(13-5-1)26-20-21-29-30(22-26)32(25-16-8-3-9-17-25)28-19-11-10-18-27(28)31(29)24-14-6-2-7-15-24/h1-30H;1-24H;2*1-22H/i;;2D,3D,6D,7D,8D,9D,14D,15D,16D,17D;1D,4D,5D,12D,13D. The van der Waals surface area contributed by atoms with Crippen LogP contribution >= 0.6 is 0 Å². The second-order valence-electron chi connectivity index (χ2n) is 36.6. The van der Waals surface area contributed by atoms with Gasteiger partial charge in [-0.3, -0.25) is 0 Å². The molecule has 0 heterocycles. The Kier molecular flexibility index (Phi) is 19.9. The molecular weight excluding hydrogens is 1750 g/mol. The van der Waals surface area contributed by atoms with Crippen LogP contribution in [0.3, 0.4) is 0 Å². The summed E-state index contributed by atoms with van der Waals surface area (Å²) in [6, 6.07) is 170. The van der Waals surface area contributed by atoms with E-state index in [4.69, 9.17) is 20.6 Å². The second-order valence-corrected chi connectivity index (χ2v) is 36.6. The van der Waals surface area contributed by atoms with E-state index in [1.54, 1.807) is 30.3 Å². The van der Waals surface area contributed by atoms with Crippen molar-refractivity contribution in [3.05, 3.63) is 594 Å². The molecule has 0 aromatic heterocycles. The summed E-state index contributed by atoms with van der Waals surface area (Å²) < 4.78 is 126. The zero-order valence-electron chi connectivity index (χ0n) is 94.4. The fourth-order valence-corrected chi connectivity index (χ4v) is 21.8. The molecule has 0 bridgehead atoms. The predicted octanol–water partition coefficient (Wildman–Crippen LogP) is 41.1. The Hall–Kier alpha value is -19.0. The van der Waals surface area contributed by atoms with Gasteiger partial charge in [0.05, 0.1) is 20.6 Å². The fraction of sp³-hybridized carbons (Fsp3) is 0. The fourth-order valence-electron chi connectivity index (χ4n) is 21.8. The lowest BCUT2D eigenvalue weighted by molar-refractivity contribution is 1.63. The van der Waals surface area contributed by atoms with Crippen molar-refractivity contribution in [3.8, 4) is 145 Å². The normalized spacial score (nSPS) is 12.7. The van der Waals surface area contributed by atoms with Gasteiger partial charge in [0.15, 0.2) is 0 Å². The minimum Gasteiger partial charge on any atom is -0.0622 e. The third-order valence-corrected chi connectivity index (χ3v) is 28.2. The predicted molar refractivity (Wildman–Crippen MR) is 629 cm³/mol. The zero-order valence-corrected chi connectivity index (χ0v) is 79.4. The number of fused-ring (bicyclic) bond motifs is 11. The van der Waals surface area contributed by atoms with Crippen molar-refractivity contribution in [1.82, 2.24) is 0 Å². The SMILES string of the molecule is [2H]c1c([2H])c([2H])c(-c2c3ccccc3c(-c3c([2H])c([2H])c([2H])c([2H])c3[2H])c3cc(-c4ccccc4)ccc23)c([2H])c1[2H].[2H]c1c([2H])c([2H])c(-c2ccc3c(-c4ccccc4)c4ccccc4c(-c4ccccc4)c3c2)c([2H])c1[2H].c1ccc(-c2c3ccccc3c(-c3ccccc3)c3cc(-c4ccc5ccccc5c4)ccc23)cc1.c1ccc(-c2c3ccccc3c(-c3ccccc3)c3cc(-c4cccc5cc(-c6cccc7ccccc67)ccc45)ccc23)cc1. The molecule has 0 spiro atoms. The molecule has 0 fully saturated rings.